The van der Waals surface area contributed by atoms with Gasteiger partial charge in [-0.05, 0) is 26.0 Å². The number of fused-ring (bicyclic) bond motifs is 1. The Labute approximate surface area is 133 Å². The number of nitrogens with zero attached hydrogens (tertiary/aromatic N) is 1. The number of rotatable bonds is 5. The normalized spacial score (nSPS) is 10.4. The van der Waals surface area contributed by atoms with Crippen LogP contribution in [0.3, 0.4) is 0 Å². The van der Waals surface area contributed by atoms with E-state index in [4.69, 9.17) is 19.9 Å². The molecule has 122 valence electrons. The van der Waals surface area contributed by atoms with Gasteiger partial charge in [0.1, 0.15) is 11.3 Å². The number of hydrogen-bond donors (Lipinski definition) is 1. The molecule has 0 amide bonds. The zero-order valence-corrected chi connectivity index (χ0v) is 13.2. The molecule has 7 heteroatoms. The monoisotopic (exact) mass is 318 g/mol. The Morgan fingerprint density at radius 1 is 1.13 bits per heavy atom. The number of nitrogen functional groups attached to an aromatic ring is 1. The van der Waals surface area contributed by atoms with Gasteiger partial charge < -0.3 is 19.9 Å². The average Bonchev–Trinajstić information content (AvgIpc) is 2.54. The van der Waals surface area contributed by atoms with Crippen LogP contribution in [0.15, 0.2) is 18.2 Å². The van der Waals surface area contributed by atoms with Gasteiger partial charge in [0.25, 0.3) is 0 Å². The highest BCUT2D eigenvalue weighted by molar-refractivity contribution is 6.12. The Morgan fingerprint density at radius 2 is 1.78 bits per heavy atom. The molecule has 0 radical (unpaired) electrons. The molecule has 0 fully saturated rings. The minimum atomic E-state index is -0.730. The lowest BCUT2D eigenvalue weighted by atomic mass is 10.0. The van der Waals surface area contributed by atoms with Crippen LogP contribution in [0.5, 0.6) is 5.75 Å². The maximum Gasteiger partial charge on any atom is 0.357 e. The van der Waals surface area contributed by atoms with Gasteiger partial charge in [-0.15, -0.1) is 0 Å². The van der Waals surface area contributed by atoms with E-state index in [1.54, 1.807) is 32.0 Å². The molecule has 1 aromatic heterocycles. The molecular weight excluding hydrogens is 300 g/mol. The molecule has 2 aromatic rings. The Bertz CT molecular complexity index is 758. The fraction of sp³-hybridized carbons (Fsp3) is 0.312. The van der Waals surface area contributed by atoms with Crippen LogP contribution < -0.4 is 10.5 Å². The van der Waals surface area contributed by atoms with Gasteiger partial charge in [0, 0.05) is 0 Å². The Kier molecular flexibility index (Phi) is 5.00. The van der Waals surface area contributed by atoms with Crippen LogP contribution in [-0.4, -0.2) is 37.2 Å². The molecule has 1 aromatic carbocycles. The van der Waals surface area contributed by atoms with Gasteiger partial charge in [0.2, 0.25) is 0 Å². The number of methoxy groups -OCH3 is 1. The lowest BCUT2D eigenvalue weighted by Gasteiger charge is -2.14. The van der Waals surface area contributed by atoms with Gasteiger partial charge in [-0.2, -0.15) is 0 Å². The van der Waals surface area contributed by atoms with Crippen molar-refractivity contribution in [1.29, 1.82) is 0 Å². The summed E-state index contributed by atoms with van der Waals surface area (Å²) in [6.45, 7) is 3.62. The molecule has 2 rings (SSSR count). The van der Waals surface area contributed by atoms with Crippen LogP contribution >= 0.6 is 0 Å². The van der Waals surface area contributed by atoms with Gasteiger partial charge in [-0.25, -0.2) is 14.6 Å². The van der Waals surface area contributed by atoms with Crippen molar-refractivity contribution in [1.82, 2.24) is 4.98 Å². The molecule has 0 spiro atoms. The molecule has 0 bridgehead atoms. The SMILES string of the molecule is CCOC(=O)c1nc2cccc(OC)c2c(N)c1C(=O)OCC. The second-order valence-corrected chi connectivity index (χ2v) is 4.54. The highest BCUT2D eigenvalue weighted by Crippen LogP contribution is 2.34. The van der Waals surface area contributed by atoms with E-state index >= 15 is 0 Å². The maximum atomic E-state index is 12.2. The third-order valence-corrected chi connectivity index (χ3v) is 3.18. The first-order valence-corrected chi connectivity index (χ1v) is 7.15. The molecule has 0 saturated carbocycles. The lowest BCUT2D eigenvalue weighted by Crippen LogP contribution is -2.18. The van der Waals surface area contributed by atoms with Crippen LogP contribution in [0.1, 0.15) is 34.7 Å². The lowest BCUT2D eigenvalue weighted by molar-refractivity contribution is 0.0475. The summed E-state index contributed by atoms with van der Waals surface area (Å²) < 4.78 is 15.2. The summed E-state index contributed by atoms with van der Waals surface area (Å²) in [5, 5.41) is 0.450. The van der Waals surface area contributed by atoms with E-state index in [-0.39, 0.29) is 30.2 Å². The summed E-state index contributed by atoms with van der Waals surface area (Å²) >= 11 is 0. The molecule has 0 aliphatic carbocycles. The van der Waals surface area contributed by atoms with E-state index in [1.807, 2.05) is 0 Å². The van der Waals surface area contributed by atoms with Crippen molar-refractivity contribution in [2.45, 2.75) is 13.8 Å². The Balaban J connectivity index is 2.80. The predicted octanol–water partition coefficient (Wildman–Crippen LogP) is 2.18. The smallest absolute Gasteiger partial charge is 0.357 e. The van der Waals surface area contributed by atoms with Gasteiger partial charge in [-0.3, -0.25) is 0 Å². The summed E-state index contributed by atoms with van der Waals surface area (Å²) in [5.41, 5.74) is 6.37. The first kappa shape index (κ1) is 16.5. The summed E-state index contributed by atoms with van der Waals surface area (Å²) in [7, 11) is 1.48. The van der Waals surface area contributed by atoms with Crippen molar-refractivity contribution in [2.75, 3.05) is 26.1 Å². The van der Waals surface area contributed by atoms with Crippen molar-refractivity contribution >= 4 is 28.5 Å². The van der Waals surface area contributed by atoms with Crippen LogP contribution in [-0.2, 0) is 9.47 Å². The van der Waals surface area contributed by atoms with E-state index in [0.717, 1.165) is 0 Å². The fourth-order valence-electron chi connectivity index (χ4n) is 2.24. The van der Waals surface area contributed by atoms with Crippen LogP contribution in [0.25, 0.3) is 10.9 Å². The Hall–Kier alpha value is -2.83. The summed E-state index contributed by atoms with van der Waals surface area (Å²) in [6, 6.07) is 5.08. The third-order valence-electron chi connectivity index (χ3n) is 3.18. The zero-order valence-electron chi connectivity index (χ0n) is 13.2. The number of carbonyl (C=O) groups excluding carboxylic acids is 2. The highest BCUT2D eigenvalue weighted by atomic mass is 16.5. The third kappa shape index (κ3) is 3.03. The number of anilines is 1. The molecular formula is C16H18N2O5. The van der Waals surface area contributed by atoms with E-state index < -0.39 is 11.9 Å². The molecule has 7 nitrogen and oxygen atoms in total. The first-order chi connectivity index (χ1) is 11.0. The average molecular weight is 318 g/mol. The summed E-state index contributed by atoms with van der Waals surface area (Å²) in [6.07, 6.45) is 0. The molecule has 0 unspecified atom stereocenters. The maximum absolute atomic E-state index is 12.2. The van der Waals surface area contributed by atoms with Gasteiger partial charge in [-0.1, -0.05) is 6.07 Å². The van der Waals surface area contributed by atoms with Crippen molar-refractivity contribution in [2.24, 2.45) is 0 Å². The molecule has 0 saturated heterocycles. The van der Waals surface area contributed by atoms with Gasteiger partial charge >= 0.3 is 11.9 Å². The van der Waals surface area contributed by atoms with Gasteiger partial charge in [0.05, 0.1) is 36.9 Å². The second kappa shape index (κ2) is 6.95. The number of esters is 2. The van der Waals surface area contributed by atoms with Crippen molar-refractivity contribution in [3.8, 4) is 5.75 Å². The number of hydrogen-bond acceptors (Lipinski definition) is 7. The molecule has 0 aliphatic heterocycles. The van der Waals surface area contributed by atoms with Crippen molar-refractivity contribution < 1.29 is 23.8 Å². The van der Waals surface area contributed by atoms with Crippen LogP contribution in [0.2, 0.25) is 0 Å². The highest BCUT2D eigenvalue weighted by Gasteiger charge is 2.27. The molecule has 0 aliphatic rings. The summed E-state index contributed by atoms with van der Waals surface area (Å²) in [4.78, 5) is 28.6. The number of aromatic nitrogens is 1. The molecule has 0 atom stereocenters. The minimum absolute atomic E-state index is 0.0777. The zero-order chi connectivity index (χ0) is 17.0. The topological polar surface area (TPSA) is 101 Å². The Morgan fingerprint density at radius 3 is 2.39 bits per heavy atom. The molecule has 1 heterocycles. The van der Waals surface area contributed by atoms with Crippen molar-refractivity contribution in [3.05, 3.63) is 29.5 Å². The van der Waals surface area contributed by atoms with E-state index in [1.165, 1.54) is 7.11 Å². The fourth-order valence-corrected chi connectivity index (χ4v) is 2.24. The number of pyridine rings is 1. The standard InChI is InChI=1S/C16H18N2O5/c1-4-22-15(19)12-13(17)11-9(7-6-8-10(11)21-3)18-14(12)16(20)23-5-2/h6-8H,4-5H2,1-3H3,(H2,17,18). The first-order valence-electron chi connectivity index (χ1n) is 7.15. The van der Waals surface area contributed by atoms with Crippen molar-refractivity contribution in [3.63, 3.8) is 0 Å². The molecule has 23 heavy (non-hydrogen) atoms. The predicted molar refractivity (Wildman–Crippen MR) is 84.6 cm³/mol. The molecule has 2 N–H and O–H groups in total. The number of benzene rings is 1. The van der Waals surface area contributed by atoms with Gasteiger partial charge in [0.15, 0.2) is 5.69 Å². The number of carbonyl (C=O) groups is 2. The van der Waals surface area contributed by atoms with Crippen LogP contribution in [0.4, 0.5) is 5.69 Å². The second-order valence-electron chi connectivity index (χ2n) is 4.54. The summed E-state index contributed by atoms with van der Waals surface area (Å²) in [5.74, 6) is -1.01. The number of ether oxygens (including phenoxy) is 3. The quantitative estimate of drug-likeness (QED) is 0.843. The minimum Gasteiger partial charge on any atom is -0.496 e. The van der Waals surface area contributed by atoms with E-state index in [2.05, 4.69) is 4.98 Å². The largest absolute Gasteiger partial charge is 0.496 e. The van der Waals surface area contributed by atoms with E-state index in [0.29, 0.717) is 16.7 Å². The van der Waals surface area contributed by atoms with E-state index in [9.17, 15) is 9.59 Å². The van der Waals surface area contributed by atoms with Crippen LogP contribution in [0, 0.1) is 0 Å². The number of nitrogens with two attached hydrogens (primary N) is 1.